The Morgan fingerprint density at radius 2 is 1.78 bits per heavy atom. The lowest BCUT2D eigenvalue weighted by Gasteiger charge is -2.35. The maximum atomic E-state index is 13.2. The molecule has 0 radical (unpaired) electrons. The summed E-state index contributed by atoms with van der Waals surface area (Å²) in [5.74, 6) is 0.291. The summed E-state index contributed by atoms with van der Waals surface area (Å²) in [6.07, 6.45) is 1.69. The zero-order valence-corrected chi connectivity index (χ0v) is 18.3. The van der Waals surface area contributed by atoms with Gasteiger partial charge in [-0.15, -0.1) is 11.7 Å². The first kappa shape index (κ1) is 20.6. The van der Waals surface area contributed by atoms with Gasteiger partial charge in [0.25, 0.3) is 5.56 Å². The number of hydrogen-bond acceptors (Lipinski definition) is 5. The van der Waals surface area contributed by atoms with Gasteiger partial charge in [0.2, 0.25) is 10.5 Å². The summed E-state index contributed by atoms with van der Waals surface area (Å²) in [6.45, 7) is 7.99. The minimum Gasteiger partial charge on any atom is -0.369 e. The molecule has 0 amide bonds. The summed E-state index contributed by atoms with van der Waals surface area (Å²) in [5, 5.41) is 5.32. The van der Waals surface area contributed by atoms with E-state index < -0.39 is 0 Å². The van der Waals surface area contributed by atoms with Crippen molar-refractivity contribution in [1.29, 1.82) is 0 Å². The van der Waals surface area contributed by atoms with Gasteiger partial charge in [-0.25, -0.2) is 9.07 Å². The zero-order valence-electron chi connectivity index (χ0n) is 17.5. The zero-order chi connectivity index (χ0) is 22.2. The highest BCUT2D eigenvalue weighted by Crippen LogP contribution is 2.18. The van der Waals surface area contributed by atoms with E-state index >= 15 is 0 Å². The first-order valence-corrected chi connectivity index (χ1v) is 10.9. The lowest BCUT2D eigenvalue weighted by atomic mass is 10.2. The summed E-state index contributed by atoms with van der Waals surface area (Å²) in [6, 6.07) is 14.1. The molecule has 1 saturated heterocycles. The van der Waals surface area contributed by atoms with Gasteiger partial charge in [-0.2, -0.15) is 0 Å². The molecule has 0 aliphatic carbocycles. The van der Waals surface area contributed by atoms with E-state index in [2.05, 4.69) is 16.4 Å². The number of para-hydroxylation sites is 1. The Bertz CT molecular complexity index is 1410. The fourth-order valence-electron chi connectivity index (χ4n) is 4.24. The molecule has 1 fully saturated rings. The molecule has 32 heavy (non-hydrogen) atoms. The van der Waals surface area contributed by atoms with Gasteiger partial charge in [0.05, 0.1) is 17.6 Å². The fourth-order valence-corrected chi connectivity index (χ4v) is 4.52. The highest BCUT2D eigenvalue weighted by molar-refractivity contribution is 7.71. The molecule has 0 atom stereocenters. The number of anilines is 1. The van der Waals surface area contributed by atoms with Crippen molar-refractivity contribution in [3.8, 4) is 0 Å². The van der Waals surface area contributed by atoms with Crippen LogP contribution in [-0.2, 0) is 13.2 Å². The van der Waals surface area contributed by atoms with Crippen molar-refractivity contribution in [3.63, 3.8) is 0 Å². The monoisotopic (exact) mass is 450 g/mol. The van der Waals surface area contributed by atoms with Crippen LogP contribution in [0.4, 0.5) is 10.1 Å². The molecule has 7 nitrogen and oxygen atoms in total. The van der Waals surface area contributed by atoms with Crippen LogP contribution in [-0.4, -0.2) is 49.8 Å². The predicted molar refractivity (Wildman–Crippen MR) is 126 cm³/mol. The molecule has 0 unspecified atom stereocenters. The third-order valence-electron chi connectivity index (χ3n) is 5.89. The summed E-state index contributed by atoms with van der Waals surface area (Å²) in [4.78, 5) is 17.5. The topological polar surface area (TPSA) is 50.7 Å². The second-order valence-corrected chi connectivity index (χ2v) is 8.23. The van der Waals surface area contributed by atoms with E-state index in [1.54, 1.807) is 15.3 Å². The average Bonchev–Trinajstić information content (AvgIpc) is 3.13. The molecule has 5 rings (SSSR count). The largest absolute Gasteiger partial charge is 0.369 e. The molecule has 3 heterocycles. The van der Waals surface area contributed by atoms with Crippen LogP contribution < -0.4 is 10.5 Å². The van der Waals surface area contributed by atoms with Crippen molar-refractivity contribution >= 4 is 34.6 Å². The lowest BCUT2D eigenvalue weighted by molar-refractivity contribution is 0.194. The lowest BCUT2D eigenvalue weighted by Crippen LogP contribution is -2.47. The number of benzene rings is 2. The summed E-state index contributed by atoms with van der Waals surface area (Å²) < 4.78 is 19.0. The van der Waals surface area contributed by atoms with Gasteiger partial charge in [0.15, 0.2) is 0 Å². The van der Waals surface area contributed by atoms with Gasteiger partial charge >= 0.3 is 0 Å². The Morgan fingerprint density at radius 3 is 2.50 bits per heavy atom. The molecule has 164 valence electrons. The van der Waals surface area contributed by atoms with E-state index in [4.69, 9.17) is 17.3 Å². The number of halogens is 1. The fraction of sp³-hybridized carbons (Fsp3) is 0.261. The van der Waals surface area contributed by atoms with E-state index in [1.165, 1.54) is 12.1 Å². The third-order valence-corrected chi connectivity index (χ3v) is 6.29. The average molecular weight is 451 g/mol. The van der Waals surface area contributed by atoms with Crippen molar-refractivity contribution in [2.24, 2.45) is 0 Å². The first-order valence-electron chi connectivity index (χ1n) is 10.5. The summed E-state index contributed by atoms with van der Waals surface area (Å²) >= 11 is 5.77. The summed E-state index contributed by atoms with van der Waals surface area (Å²) in [7, 11) is 0. The van der Waals surface area contributed by atoms with Crippen LogP contribution in [0, 0.1) is 10.6 Å². The Morgan fingerprint density at radius 1 is 1.06 bits per heavy atom. The number of allylic oxidation sites excluding steroid dienone is 1. The van der Waals surface area contributed by atoms with Crippen LogP contribution in [0.1, 0.15) is 0 Å². The molecule has 0 spiro atoms. The molecule has 4 aromatic rings. The van der Waals surface area contributed by atoms with Crippen molar-refractivity contribution in [3.05, 3.63) is 82.1 Å². The van der Waals surface area contributed by atoms with Crippen LogP contribution in [0.15, 0.2) is 66.0 Å². The smallest absolute Gasteiger partial charge is 0.263 e. The Hall–Kier alpha value is -3.30. The molecule has 1 aliphatic heterocycles. The third kappa shape index (κ3) is 3.53. The molecule has 0 bridgehead atoms. The van der Waals surface area contributed by atoms with E-state index in [1.807, 2.05) is 40.8 Å². The first-order chi connectivity index (χ1) is 15.6. The SMILES string of the molecule is C=CCn1c(=O)c2ccccc2n2c(=S)n(CN3CCN(c4ccc(F)cc4)CC3)nc12. The summed E-state index contributed by atoms with van der Waals surface area (Å²) in [5.41, 5.74) is 1.67. The Balaban J connectivity index is 1.45. The number of fused-ring (bicyclic) bond motifs is 3. The minimum absolute atomic E-state index is 0.104. The van der Waals surface area contributed by atoms with Crippen LogP contribution in [0.3, 0.4) is 0 Å². The van der Waals surface area contributed by atoms with E-state index in [0.717, 1.165) is 37.4 Å². The van der Waals surface area contributed by atoms with Crippen LogP contribution in [0.25, 0.3) is 16.7 Å². The van der Waals surface area contributed by atoms with Gasteiger partial charge in [-0.05, 0) is 48.6 Å². The number of nitrogens with zero attached hydrogens (tertiary/aromatic N) is 6. The van der Waals surface area contributed by atoms with Gasteiger partial charge in [0.1, 0.15) is 5.82 Å². The second-order valence-electron chi connectivity index (χ2n) is 7.86. The number of piperazine rings is 1. The van der Waals surface area contributed by atoms with Gasteiger partial charge < -0.3 is 4.90 Å². The molecule has 9 heteroatoms. The van der Waals surface area contributed by atoms with Crippen LogP contribution in [0.5, 0.6) is 0 Å². The number of rotatable bonds is 5. The maximum Gasteiger partial charge on any atom is 0.263 e. The molecule has 2 aromatic carbocycles. The van der Waals surface area contributed by atoms with E-state index in [0.29, 0.717) is 29.1 Å². The van der Waals surface area contributed by atoms with Crippen LogP contribution in [0.2, 0.25) is 0 Å². The molecular weight excluding hydrogens is 427 g/mol. The molecular formula is C23H23FN6OS. The highest BCUT2D eigenvalue weighted by atomic mass is 32.1. The Labute approximate surface area is 189 Å². The van der Waals surface area contributed by atoms with Crippen molar-refractivity contribution in [1.82, 2.24) is 23.6 Å². The molecule has 2 aromatic heterocycles. The predicted octanol–water partition coefficient (Wildman–Crippen LogP) is 3.28. The second kappa shape index (κ2) is 8.33. The normalized spacial score (nSPS) is 15.0. The standard InChI is InChI=1S/C23H23FN6OS/c1-2-11-28-21(31)19-5-3-4-6-20(19)30-22(28)25-29(23(30)32)16-26-12-14-27(15-13-26)18-9-7-17(24)8-10-18/h2-10H,1,11-16H2. The van der Waals surface area contributed by atoms with Gasteiger partial charge in [0, 0.05) is 38.4 Å². The van der Waals surface area contributed by atoms with Crippen molar-refractivity contribution in [2.45, 2.75) is 13.2 Å². The number of hydrogen-bond donors (Lipinski definition) is 0. The van der Waals surface area contributed by atoms with E-state index in [9.17, 15) is 9.18 Å². The molecule has 1 aliphatic rings. The number of aromatic nitrogens is 4. The van der Waals surface area contributed by atoms with Gasteiger partial charge in [-0.1, -0.05) is 18.2 Å². The minimum atomic E-state index is -0.226. The van der Waals surface area contributed by atoms with Crippen molar-refractivity contribution in [2.75, 3.05) is 31.1 Å². The van der Waals surface area contributed by atoms with Crippen LogP contribution >= 0.6 is 12.2 Å². The molecule has 0 saturated carbocycles. The van der Waals surface area contributed by atoms with E-state index in [-0.39, 0.29) is 11.4 Å². The van der Waals surface area contributed by atoms with Gasteiger partial charge in [-0.3, -0.25) is 18.7 Å². The molecule has 0 N–H and O–H groups in total. The van der Waals surface area contributed by atoms with Crippen molar-refractivity contribution < 1.29 is 4.39 Å². The quantitative estimate of drug-likeness (QED) is 0.345. The Kier molecular flexibility index (Phi) is 5.36. The highest BCUT2D eigenvalue weighted by Gasteiger charge is 2.20. The maximum absolute atomic E-state index is 13.2.